The Bertz CT molecular complexity index is 1150. The van der Waals surface area contributed by atoms with Crippen molar-refractivity contribution in [3.8, 4) is 0 Å². The molecule has 0 radical (unpaired) electrons. The van der Waals surface area contributed by atoms with Gasteiger partial charge in [-0.15, -0.1) is 11.3 Å². The maximum Gasteiger partial charge on any atom is 0.266 e. The molecule has 5 nitrogen and oxygen atoms in total. The van der Waals surface area contributed by atoms with Gasteiger partial charge in [0.2, 0.25) is 0 Å². The fourth-order valence-electron chi connectivity index (χ4n) is 3.33. The first kappa shape index (κ1) is 20.1. The highest BCUT2D eigenvalue weighted by molar-refractivity contribution is 7.93. The van der Waals surface area contributed by atoms with Gasteiger partial charge in [0.15, 0.2) is 5.13 Å². The summed E-state index contributed by atoms with van der Waals surface area (Å²) in [5.74, 6) is -1.31. The van der Waals surface area contributed by atoms with E-state index >= 15 is 0 Å². The van der Waals surface area contributed by atoms with E-state index in [0.29, 0.717) is 0 Å². The van der Waals surface area contributed by atoms with Crippen molar-refractivity contribution < 1.29 is 17.2 Å². The van der Waals surface area contributed by atoms with Gasteiger partial charge < -0.3 is 5.32 Å². The van der Waals surface area contributed by atoms with Gasteiger partial charge in [0.05, 0.1) is 16.2 Å². The molecule has 10 heteroatoms. The number of anilines is 2. The van der Waals surface area contributed by atoms with Crippen LogP contribution in [0.3, 0.4) is 0 Å². The van der Waals surface area contributed by atoms with Crippen molar-refractivity contribution in [2.75, 3.05) is 10.0 Å². The third kappa shape index (κ3) is 3.94. The topological polar surface area (TPSA) is 71.1 Å². The highest BCUT2D eigenvalue weighted by atomic mass is 35.5. The summed E-state index contributed by atoms with van der Waals surface area (Å²) < 4.78 is 55.6. The molecule has 0 bridgehead atoms. The first-order valence-electron chi connectivity index (χ1n) is 8.75. The molecule has 3 aromatic rings. The minimum atomic E-state index is -4.19. The molecule has 4 rings (SSSR count). The predicted octanol–water partition coefficient (Wildman–Crippen LogP) is 5.37. The van der Waals surface area contributed by atoms with Crippen LogP contribution < -0.4 is 10.0 Å². The fourth-order valence-corrected chi connectivity index (χ4v) is 5.48. The summed E-state index contributed by atoms with van der Waals surface area (Å²) in [5.41, 5.74) is 0.418. The Labute approximate surface area is 175 Å². The highest BCUT2D eigenvalue weighted by Gasteiger charge is 2.39. The van der Waals surface area contributed by atoms with Crippen LogP contribution in [0.15, 0.2) is 52.9 Å². The van der Waals surface area contributed by atoms with Crippen molar-refractivity contribution in [3.05, 3.63) is 70.2 Å². The number of halogens is 3. The van der Waals surface area contributed by atoms with E-state index in [-0.39, 0.29) is 21.7 Å². The second-order valence-corrected chi connectivity index (χ2v) is 9.73. The van der Waals surface area contributed by atoms with Crippen LogP contribution in [0.1, 0.15) is 24.8 Å². The third-order valence-corrected chi connectivity index (χ3v) is 7.41. The Hall–Kier alpha value is -2.23. The van der Waals surface area contributed by atoms with E-state index in [2.05, 4.69) is 15.0 Å². The van der Waals surface area contributed by atoms with Crippen LogP contribution in [0.5, 0.6) is 0 Å². The minimum Gasteiger partial charge on any atom is -0.374 e. The van der Waals surface area contributed by atoms with Gasteiger partial charge in [-0.05, 0) is 49.1 Å². The molecule has 0 amide bonds. The molecular weight excluding hydrogens is 440 g/mol. The molecule has 0 spiro atoms. The van der Waals surface area contributed by atoms with Crippen molar-refractivity contribution in [2.24, 2.45) is 0 Å². The van der Waals surface area contributed by atoms with Crippen molar-refractivity contribution in [1.29, 1.82) is 0 Å². The molecule has 2 N–H and O–H groups in total. The number of nitrogens with one attached hydrogen (secondary N) is 2. The molecule has 1 fully saturated rings. The quantitative estimate of drug-likeness (QED) is 0.524. The maximum absolute atomic E-state index is 14.7. The van der Waals surface area contributed by atoms with Crippen molar-refractivity contribution >= 4 is 43.8 Å². The maximum atomic E-state index is 14.7. The second kappa shape index (κ2) is 7.55. The van der Waals surface area contributed by atoms with Gasteiger partial charge >= 0.3 is 0 Å². The zero-order chi connectivity index (χ0) is 20.6. The molecular formula is C19H16ClF2N3O2S2. The third-order valence-electron chi connectivity index (χ3n) is 4.92. The van der Waals surface area contributed by atoms with Gasteiger partial charge in [0.25, 0.3) is 10.0 Å². The average molecular weight is 456 g/mol. The smallest absolute Gasteiger partial charge is 0.266 e. The van der Waals surface area contributed by atoms with Gasteiger partial charge in [-0.25, -0.2) is 22.2 Å². The predicted molar refractivity (Wildman–Crippen MR) is 110 cm³/mol. The number of benzene rings is 2. The summed E-state index contributed by atoms with van der Waals surface area (Å²) in [6.45, 7) is 0. The lowest BCUT2D eigenvalue weighted by molar-refractivity contribution is 0.283. The Balaban J connectivity index is 1.65. The van der Waals surface area contributed by atoms with Gasteiger partial charge in [0, 0.05) is 11.6 Å². The minimum absolute atomic E-state index is 0.0496. The van der Waals surface area contributed by atoms with Crippen LogP contribution in [0.4, 0.5) is 19.6 Å². The number of thiazole rings is 1. The lowest BCUT2D eigenvalue weighted by Crippen LogP contribution is -2.42. The molecule has 1 heterocycles. The number of aromatic nitrogens is 1. The standard InChI is InChI=1S/C19H16ClF2N3O2S2/c20-14-10-17(29(26,27)25-18-23-7-8-28-18)15(22)11-16(14)24-19(5-2-6-19)12-3-1-4-13(21)9-12/h1,3-4,7-11,24H,2,5-6H2,(H,23,25). The SMILES string of the molecule is O=S(=O)(Nc1nccs1)c1cc(Cl)c(NC2(c3cccc(F)c3)CCC2)cc1F. The number of nitrogens with zero attached hydrogens (tertiary/aromatic N) is 1. The zero-order valence-electron chi connectivity index (χ0n) is 15.0. The van der Waals surface area contributed by atoms with E-state index < -0.39 is 26.3 Å². The van der Waals surface area contributed by atoms with Gasteiger partial charge in [-0.3, -0.25) is 4.72 Å². The summed E-state index contributed by atoms with van der Waals surface area (Å²) in [5, 5.41) is 4.98. The van der Waals surface area contributed by atoms with Crippen molar-refractivity contribution in [2.45, 2.75) is 29.7 Å². The van der Waals surface area contributed by atoms with Gasteiger partial charge in [-0.1, -0.05) is 23.7 Å². The molecule has 1 aliphatic rings. The highest BCUT2D eigenvalue weighted by Crippen LogP contribution is 2.45. The second-order valence-electron chi connectivity index (χ2n) is 6.78. The largest absolute Gasteiger partial charge is 0.374 e. The summed E-state index contributed by atoms with van der Waals surface area (Å²) >= 11 is 7.36. The van der Waals surface area contributed by atoms with Crippen molar-refractivity contribution in [3.63, 3.8) is 0 Å². The number of sulfonamides is 1. The van der Waals surface area contributed by atoms with Crippen LogP contribution in [-0.2, 0) is 15.6 Å². The molecule has 1 saturated carbocycles. The van der Waals surface area contributed by atoms with Crippen LogP contribution >= 0.6 is 22.9 Å². The molecule has 152 valence electrons. The molecule has 0 aliphatic heterocycles. The normalized spacial score (nSPS) is 15.6. The number of hydrogen-bond acceptors (Lipinski definition) is 5. The van der Waals surface area contributed by atoms with Gasteiger partial charge in [-0.2, -0.15) is 0 Å². The molecule has 29 heavy (non-hydrogen) atoms. The molecule has 1 aliphatic carbocycles. The van der Waals surface area contributed by atoms with E-state index in [9.17, 15) is 17.2 Å². The monoisotopic (exact) mass is 455 g/mol. The summed E-state index contributed by atoms with van der Waals surface area (Å²) in [7, 11) is -4.19. The molecule has 1 aromatic heterocycles. The van der Waals surface area contributed by atoms with Crippen LogP contribution in [0.2, 0.25) is 5.02 Å². The Kier molecular flexibility index (Phi) is 5.22. The molecule has 0 saturated heterocycles. The van der Waals surface area contributed by atoms with Crippen LogP contribution in [-0.4, -0.2) is 13.4 Å². The molecule has 0 unspecified atom stereocenters. The van der Waals surface area contributed by atoms with E-state index in [1.807, 2.05) is 0 Å². The fraction of sp³-hybridized carbons (Fsp3) is 0.211. The van der Waals surface area contributed by atoms with E-state index in [4.69, 9.17) is 11.6 Å². The zero-order valence-corrected chi connectivity index (χ0v) is 17.3. The average Bonchev–Trinajstić information content (AvgIpc) is 3.12. The van der Waals surface area contributed by atoms with E-state index in [0.717, 1.165) is 48.3 Å². The summed E-state index contributed by atoms with van der Waals surface area (Å²) in [6, 6.07) is 8.33. The van der Waals surface area contributed by atoms with E-state index in [1.165, 1.54) is 18.3 Å². The summed E-state index contributed by atoms with van der Waals surface area (Å²) in [4.78, 5) is 3.26. The lowest BCUT2D eigenvalue weighted by atomic mass is 9.71. The number of hydrogen-bond donors (Lipinski definition) is 2. The van der Waals surface area contributed by atoms with Crippen molar-refractivity contribution in [1.82, 2.24) is 4.98 Å². The Morgan fingerprint density at radius 3 is 2.59 bits per heavy atom. The first-order chi connectivity index (χ1) is 13.8. The first-order valence-corrected chi connectivity index (χ1v) is 11.5. The van der Waals surface area contributed by atoms with Gasteiger partial charge in [0.1, 0.15) is 16.5 Å². The Morgan fingerprint density at radius 1 is 1.17 bits per heavy atom. The molecule has 2 aromatic carbocycles. The number of rotatable bonds is 6. The van der Waals surface area contributed by atoms with Crippen LogP contribution in [0.25, 0.3) is 0 Å². The lowest BCUT2D eigenvalue weighted by Gasteiger charge is -2.44. The van der Waals surface area contributed by atoms with E-state index in [1.54, 1.807) is 17.5 Å². The summed E-state index contributed by atoms with van der Waals surface area (Å²) in [6.07, 6.45) is 3.80. The Morgan fingerprint density at radius 2 is 1.97 bits per heavy atom. The van der Waals surface area contributed by atoms with Crippen LogP contribution in [0, 0.1) is 11.6 Å². The molecule has 0 atom stereocenters.